The monoisotopic (exact) mass is 430 g/mol. The van der Waals surface area contributed by atoms with Gasteiger partial charge in [-0.25, -0.2) is 17.9 Å². The van der Waals surface area contributed by atoms with E-state index in [0.29, 0.717) is 30.6 Å². The van der Waals surface area contributed by atoms with Crippen LogP contribution in [0.4, 0.5) is 0 Å². The second-order valence-corrected chi connectivity index (χ2v) is 9.17. The molecule has 1 heterocycles. The van der Waals surface area contributed by atoms with Crippen molar-refractivity contribution in [2.75, 3.05) is 25.9 Å². The molecule has 30 heavy (non-hydrogen) atoms. The molecule has 0 unspecified atom stereocenters. The Morgan fingerprint density at radius 3 is 2.27 bits per heavy atom. The molecule has 2 aromatic carbocycles. The van der Waals surface area contributed by atoms with Crippen LogP contribution in [0.2, 0.25) is 0 Å². The van der Waals surface area contributed by atoms with Crippen LogP contribution in [-0.2, 0) is 26.0 Å². The molecule has 1 aliphatic heterocycles. The third-order valence-corrected chi connectivity index (χ3v) is 5.67. The maximum absolute atomic E-state index is 13.0. The Kier molecular flexibility index (Phi) is 7.23. The number of nitrogens with zero attached hydrogens (tertiary/aromatic N) is 1. The molecular weight excluding hydrogens is 404 g/mol. The lowest BCUT2D eigenvalue weighted by Gasteiger charge is -2.23. The minimum Gasteiger partial charge on any atom is -0.444 e. The molecule has 1 atom stereocenters. The number of benzene rings is 2. The average Bonchev–Trinajstić information content (AvgIpc) is 3.26. The minimum absolute atomic E-state index is 0.199. The first-order valence-corrected chi connectivity index (χ1v) is 11.8. The van der Waals surface area contributed by atoms with E-state index in [1.54, 1.807) is 41.3 Å². The van der Waals surface area contributed by atoms with E-state index in [1.807, 2.05) is 18.2 Å². The third-order valence-electron chi connectivity index (χ3n) is 4.94. The largest absolute Gasteiger partial charge is 0.444 e. The predicted octanol–water partition coefficient (Wildman–Crippen LogP) is 2.30. The Morgan fingerprint density at radius 1 is 1.03 bits per heavy atom. The van der Waals surface area contributed by atoms with Crippen molar-refractivity contribution in [1.29, 1.82) is 0 Å². The summed E-state index contributed by atoms with van der Waals surface area (Å²) in [6, 6.07) is 15.8. The molecule has 1 aliphatic rings. The summed E-state index contributed by atoms with van der Waals surface area (Å²) in [5.41, 5.74) is 1.87. The molecule has 0 spiro atoms. The SMILES string of the molecule is CS(=O)(=O)NCCc1ccc(C(=O)O[C@H](C(=O)N2CCCC2)c2ccccc2)cc1. The highest BCUT2D eigenvalue weighted by molar-refractivity contribution is 7.88. The number of hydrogen-bond acceptors (Lipinski definition) is 5. The zero-order valence-electron chi connectivity index (χ0n) is 16.9. The number of carbonyl (C=O) groups is 2. The van der Waals surface area contributed by atoms with Crippen molar-refractivity contribution in [2.45, 2.75) is 25.4 Å². The second kappa shape index (κ2) is 9.86. The van der Waals surface area contributed by atoms with Gasteiger partial charge in [-0.2, -0.15) is 0 Å². The van der Waals surface area contributed by atoms with Crippen molar-refractivity contribution in [3.63, 3.8) is 0 Å². The van der Waals surface area contributed by atoms with Gasteiger partial charge < -0.3 is 9.64 Å². The lowest BCUT2D eigenvalue weighted by Crippen LogP contribution is -2.34. The Bertz CT molecular complexity index is 968. The highest BCUT2D eigenvalue weighted by atomic mass is 32.2. The Labute approximate surface area is 177 Å². The van der Waals surface area contributed by atoms with E-state index in [1.165, 1.54) is 0 Å². The van der Waals surface area contributed by atoms with Crippen molar-refractivity contribution in [3.05, 3.63) is 71.3 Å². The molecule has 0 saturated carbocycles. The number of likely N-dealkylation sites (tertiary alicyclic amines) is 1. The topological polar surface area (TPSA) is 92.8 Å². The lowest BCUT2D eigenvalue weighted by molar-refractivity contribution is -0.140. The van der Waals surface area contributed by atoms with E-state index in [-0.39, 0.29) is 12.5 Å². The van der Waals surface area contributed by atoms with E-state index in [9.17, 15) is 18.0 Å². The van der Waals surface area contributed by atoms with E-state index in [4.69, 9.17) is 4.74 Å². The number of esters is 1. The molecule has 1 fully saturated rings. The van der Waals surface area contributed by atoms with Crippen molar-refractivity contribution in [3.8, 4) is 0 Å². The molecule has 0 radical (unpaired) electrons. The number of rotatable bonds is 8. The molecule has 2 aromatic rings. The van der Waals surface area contributed by atoms with Crippen LogP contribution >= 0.6 is 0 Å². The van der Waals surface area contributed by atoms with Crippen molar-refractivity contribution in [2.24, 2.45) is 0 Å². The van der Waals surface area contributed by atoms with Gasteiger partial charge in [0.2, 0.25) is 16.1 Å². The van der Waals surface area contributed by atoms with Crippen molar-refractivity contribution in [1.82, 2.24) is 9.62 Å². The van der Waals surface area contributed by atoms with Crippen molar-refractivity contribution < 1.29 is 22.7 Å². The van der Waals surface area contributed by atoms with Crippen LogP contribution in [0.1, 0.15) is 40.4 Å². The Balaban J connectivity index is 1.68. The number of ether oxygens (including phenoxy) is 1. The van der Waals surface area contributed by atoms with Crippen LogP contribution in [0.5, 0.6) is 0 Å². The van der Waals surface area contributed by atoms with E-state index in [2.05, 4.69) is 4.72 Å². The third kappa shape index (κ3) is 6.14. The van der Waals surface area contributed by atoms with Crippen molar-refractivity contribution >= 4 is 21.9 Å². The summed E-state index contributed by atoms with van der Waals surface area (Å²) < 4.78 is 30.3. The van der Waals surface area contributed by atoms with Gasteiger partial charge in [-0.05, 0) is 37.0 Å². The molecule has 7 nitrogen and oxygen atoms in total. The van der Waals surface area contributed by atoms with Crippen LogP contribution < -0.4 is 4.72 Å². The summed E-state index contributed by atoms with van der Waals surface area (Å²) in [4.78, 5) is 27.4. The van der Waals surface area contributed by atoms with E-state index >= 15 is 0 Å². The minimum atomic E-state index is -3.23. The number of hydrogen-bond donors (Lipinski definition) is 1. The summed E-state index contributed by atoms with van der Waals surface area (Å²) >= 11 is 0. The van der Waals surface area contributed by atoms with E-state index < -0.39 is 22.1 Å². The smallest absolute Gasteiger partial charge is 0.339 e. The summed E-state index contributed by atoms with van der Waals surface area (Å²) in [6.45, 7) is 1.63. The molecule has 1 saturated heterocycles. The maximum atomic E-state index is 13.0. The molecule has 0 aromatic heterocycles. The lowest BCUT2D eigenvalue weighted by atomic mass is 10.1. The Hall–Kier alpha value is -2.71. The molecule has 160 valence electrons. The number of carbonyl (C=O) groups excluding carboxylic acids is 2. The molecular formula is C22H26N2O5S. The molecule has 1 N–H and O–H groups in total. The van der Waals surface area contributed by atoms with Gasteiger partial charge in [0.15, 0.2) is 0 Å². The van der Waals surface area contributed by atoms with E-state index in [0.717, 1.165) is 24.7 Å². The summed E-state index contributed by atoms with van der Waals surface area (Å²) in [5.74, 6) is -0.771. The first kappa shape index (κ1) is 22.0. The van der Waals surface area contributed by atoms with Gasteiger partial charge in [0.1, 0.15) is 0 Å². The van der Waals surface area contributed by atoms with Gasteiger partial charge in [-0.3, -0.25) is 4.79 Å². The van der Waals surface area contributed by atoms with Crippen LogP contribution in [0.3, 0.4) is 0 Å². The first-order valence-electron chi connectivity index (χ1n) is 9.92. The zero-order chi connectivity index (χ0) is 21.6. The van der Waals surface area contributed by atoms with Crippen LogP contribution in [0.15, 0.2) is 54.6 Å². The van der Waals surface area contributed by atoms with Gasteiger partial charge >= 0.3 is 5.97 Å². The zero-order valence-corrected chi connectivity index (χ0v) is 17.7. The normalized spacial score (nSPS) is 15.0. The number of amides is 1. The summed E-state index contributed by atoms with van der Waals surface area (Å²) in [6.07, 6.45) is 2.55. The fourth-order valence-corrected chi connectivity index (χ4v) is 3.83. The number of nitrogens with one attached hydrogen (secondary N) is 1. The van der Waals surface area contributed by atoms with Gasteiger partial charge in [0.25, 0.3) is 5.91 Å². The number of sulfonamides is 1. The summed E-state index contributed by atoms with van der Waals surface area (Å²) in [7, 11) is -3.23. The standard InChI is InChI=1S/C22H26N2O5S/c1-30(27,28)23-14-13-17-9-11-19(12-10-17)22(26)29-20(18-7-3-2-4-8-18)21(25)24-15-5-6-16-24/h2-4,7-12,20,23H,5-6,13-16H2,1H3/t20-/m0/s1. The van der Waals surface area contributed by atoms with Crippen LogP contribution in [-0.4, -0.2) is 51.1 Å². The molecule has 8 heteroatoms. The van der Waals surface area contributed by atoms with Gasteiger partial charge in [0.05, 0.1) is 11.8 Å². The highest BCUT2D eigenvalue weighted by Gasteiger charge is 2.31. The molecule has 0 aliphatic carbocycles. The maximum Gasteiger partial charge on any atom is 0.339 e. The summed E-state index contributed by atoms with van der Waals surface area (Å²) in [5, 5.41) is 0. The molecule has 0 bridgehead atoms. The first-order chi connectivity index (χ1) is 14.3. The Morgan fingerprint density at radius 2 is 1.67 bits per heavy atom. The predicted molar refractivity (Wildman–Crippen MR) is 113 cm³/mol. The van der Waals surface area contributed by atoms with Gasteiger partial charge in [-0.15, -0.1) is 0 Å². The van der Waals surface area contributed by atoms with Gasteiger partial charge in [0, 0.05) is 25.2 Å². The van der Waals surface area contributed by atoms with Crippen LogP contribution in [0, 0.1) is 0 Å². The van der Waals surface area contributed by atoms with Crippen LogP contribution in [0.25, 0.3) is 0 Å². The van der Waals surface area contributed by atoms with Gasteiger partial charge in [-0.1, -0.05) is 42.5 Å². The fraction of sp³-hybridized carbons (Fsp3) is 0.364. The highest BCUT2D eigenvalue weighted by Crippen LogP contribution is 2.24. The second-order valence-electron chi connectivity index (χ2n) is 7.34. The quantitative estimate of drug-likeness (QED) is 0.649. The average molecular weight is 431 g/mol. The fourth-order valence-electron chi connectivity index (χ4n) is 3.36. The molecule has 3 rings (SSSR count). The molecule has 1 amide bonds.